The summed E-state index contributed by atoms with van der Waals surface area (Å²) in [5.74, 6) is 0.638. The van der Waals surface area contributed by atoms with E-state index >= 15 is 0 Å². The van der Waals surface area contributed by atoms with E-state index in [0.717, 1.165) is 30.2 Å². The van der Waals surface area contributed by atoms with Crippen LogP contribution in [0, 0.1) is 12.8 Å². The molecule has 94 valence electrons. The smallest absolute Gasteiger partial charge is 0.220 e. The molecule has 0 bridgehead atoms. The summed E-state index contributed by atoms with van der Waals surface area (Å²) in [7, 11) is 0. The van der Waals surface area contributed by atoms with E-state index in [2.05, 4.69) is 15.6 Å². The van der Waals surface area contributed by atoms with Gasteiger partial charge in [-0.3, -0.25) is 4.79 Å². The first-order valence-electron chi connectivity index (χ1n) is 6.07. The Morgan fingerprint density at radius 1 is 1.76 bits per heavy atom. The molecule has 1 aliphatic rings. The third kappa shape index (κ3) is 3.51. The number of carbonyl (C=O) groups is 1. The van der Waals surface area contributed by atoms with Crippen LogP contribution in [0.5, 0.6) is 0 Å². The van der Waals surface area contributed by atoms with Gasteiger partial charge in [0, 0.05) is 17.5 Å². The van der Waals surface area contributed by atoms with Crippen molar-refractivity contribution in [3.05, 3.63) is 16.1 Å². The van der Waals surface area contributed by atoms with Gasteiger partial charge >= 0.3 is 0 Å². The number of hydrogen-bond donors (Lipinski definition) is 2. The van der Waals surface area contributed by atoms with Gasteiger partial charge in [0.15, 0.2) is 0 Å². The van der Waals surface area contributed by atoms with Gasteiger partial charge in [0.25, 0.3) is 0 Å². The normalized spacial score (nSPS) is 21.4. The van der Waals surface area contributed by atoms with E-state index in [1.807, 2.05) is 19.2 Å². The van der Waals surface area contributed by atoms with E-state index in [-0.39, 0.29) is 11.9 Å². The van der Waals surface area contributed by atoms with Crippen LogP contribution in [0.3, 0.4) is 0 Å². The molecule has 0 saturated carbocycles. The summed E-state index contributed by atoms with van der Waals surface area (Å²) in [4.78, 5) is 16.2. The molecule has 1 aliphatic heterocycles. The maximum absolute atomic E-state index is 11.8. The molecule has 0 radical (unpaired) electrons. The zero-order chi connectivity index (χ0) is 12.3. The van der Waals surface area contributed by atoms with Crippen LogP contribution in [0.4, 0.5) is 0 Å². The maximum atomic E-state index is 11.8. The first-order valence-corrected chi connectivity index (χ1v) is 6.95. The van der Waals surface area contributed by atoms with Crippen molar-refractivity contribution in [1.29, 1.82) is 0 Å². The zero-order valence-corrected chi connectivity index (χ0v) is 11.1. The number of hydrogen-bond acceptors (Lipinski definition) is 4. The second-order valence-electron chi connectivity index (χ2n) is 4.68. The number of rotatable bonds is 4. The van der Waals surface area contributed by atoms with E-state index in [4.69, 9.17) is 0 Å². The fraction of sp³-hybridized carbons (Fsp3) is 0.667. The Balaban J connectivity index is 1.81. The highest BCUT2D eigenvalue weighted by Crippen LogP contribution is 2.18. The molecule has 1 aromatic rings. The molecule has 5 heteroatoms. The molecule has 1 fully saturated rings. The van der Waals surface area contributed by atoms with Crippen LogP contribution in [-0.2, 0) is 4.79 Å². The number of aryl methyl sites for hydroxylation is 1. The van der Waals surface area contributed by atoms with Gasteiger partial charge in [-0.15, -0.1) is 11.3 Å². The largest absolute Gasteiger partial charge is 0.347 e. The van der Waals surface area contributed by atoms with Gasteiger partial charge in [-0.1, -0.05) is 0 Å². The zero-order valence-electron chi connectivity index (χ0n) is 10.3. The Morgan fingerprint density at radius 2 is 2.59 bits per heavy atom. The molecule has 2 heterocycles. The second kappa shape index (κ2) is 5.60. The second-order valence-corrected chi connectivity index (χ2v) is 5.57. The molecule has 0 aliphatic carbocycles. The summed E-state index contributed by atoms with van der Waals surface area (Å²) in [6, 6.07) is 0.0237. The maximum Gasteiger partial charge on any atom is 0.220 e. The van der Waals surface area contributed by atoms with Crippen LogP contribution >= 0.6 is 11.3 Å². The lowest BCUT2D eigenvalue weighted by Gasteiger charge is -2.13. The summed E-state index contributed by atoms with van der Waals surface area (Å²) in [5, 5.41) is 9.29. The van der Waals surface area contributed by atoms with Gasteiger partial charge < -0.3 is 10.6 Å². The Bertz CT molecular complexity index is 385. The van der Waals surface area contributed by atoms with Crippen LogP contribution in [0.25, 0.3) is 0 Å². The highest BCUT2D eigenvalue weighted by molar-refractivity contribution is 7.09. The van der Waals surface area contributed by atoms with E-state index in [1.165, 1.54) is 0 Å². The third-order valence-corrected chi connectivity index (χ3v) is 4.17. The molecular weight excluding hydrogens is 234 g/mol. The molecule has 1 aromatic heterocycles. The topological polar surface area (TPSA) is 54.0 Å². The summed E-state index contributed by atoms with van der Waals surface area (Å²) < 4.78 is 0. The molecule has 2 N–H and O–H groups in total. The van der Waals surface area contributed by atoms with Crippen molar-refractivity contribution in [2.75, 3.05) is 13.1 Å². The van der Waals surface area contributed by atoms with E-state index in [9.17, 15) is 4.79 Å². The number of carbonyl (C=O) groups excluding carboxylic acids is 1. The lowest BCUT2D eigenvalue weighted by atomic mass is 10.0. The number of aromatic nitrogens is 1. The lowest BCUT2D eigenvalue weighted by molar-refractivity contribution is -0.122. The standard InChI is InChI=1S/C12H19N3OS/c1-8-7-17-12(14-8)9(2)15-11(16)5-10-3-4-13-6-10/h7,9-10,13H,3-6H2,1-2H3,(H,15,16). The van der Waals surface area contributed by atoms with E-state index < -0.39 is 0 Å². The molecule has 4 nitrogen and oxygen atoms in total. The Labute approximate surface area is 106 Å². The number of nitrogens with one attached hydrogen (secondary N) is 2. The highest BCUT2D eigenvalue weighted by atomic mass is 32.1. The Kier molecular flexibility index (Phi) is 4.12. The van der Waals surface area contributed by atoms with Crippen molar-refractivity contribution >= 4 is 17.2 Å². The van der Waals surface area contributed by atoms with Crippen LogP contribution < -0.4 is 10.6 Å². The van der Waals surface area contributed by atoms with Gasteiger partial charge in [-0.05, 0) is 39.3 Å². The molecule has 0 aromatic carbocycles. The first-order chi connectivity index (χ1) is 8.15. The van der Waals surface area contributed by atoms with Gasteiger partial charge in [0.05, 0.1) is 6.04 Å². The minimum Gasteiger partial charge on any atom is -0.347 e. The summed E-state index contributed by atoms with van der Waals surface area (Å²) >= 11 is 1.60. The predicted molar refractivity (Wildman–Crippen MR) is 69.0 cm³/mol. The summed E-state index contributed by atoms with van der Waals surface area (Å²) in [5.41, 5.74) is 1.02. The van der Waals surface area contributed by atoms with Gasteiger partial charge in [0.2, 0.25) is 5.91 Å². The molecule has 2 atom stereocenters. The first kappa shape index (κ1) is 12.5. The molecule has 1 amide bonds. The van der Waals surface area contributed by atoms with Crippen molar-refractivity contribution in [1.82, 2.24) is 15.6 Å². The monoisotopic (exact) mass is 253 g/mol. The van der Waals surface area contributed by atoms with Crippen molar-refractivity contribution in [3.63, 3.8) is 0 Å². The van der Waals surface area contributed by atoms with Gasteiger partial charge in [-0.25, -0.2) is 4.98 Å². The average molecular weight is 253 g/mol. The van der Waals surface area contributed by atoms with Crippen molar-refractivity contribution in [2.45, 2.75) is 32.7 Å². The van der Waals surface area contributed by atoms with Crippen molar-refractivity contribution in [2.24, 2.45) is 5.92 Å². The average Bonchev–Trinajstić information content (AvgIpc) is 2.89. The van der Waals surface area contributed by atoms with Gasteiger partial charge in [-0.2, -0.15) is 0 Å². The Morgan fingerprint density at radius 3 is 3.18 bits per heavy atom. The van der Waals surface area contributed by atoms with Crippen LogP contribution in [0.15, 0.2) is 5.38 Å². The molecule has 0 spiro atoms. The van der Waals surface area contributed by atoms with E-state index in [0.29, 0.717) is 12.3 Å². The predicted octanol–water partition coefficient (Wildman–Crippen LogP) is 1.63. The number of nitrogens with zero attached hydrogens (tertiary/aromatic N) is 1. The molecular formula is C12H19N3OS. The van der Waals surface area contributed by atoms with Crippen molar-refractivity contribution in [3.8, 4) is 0 Å². The Hall–Kier alpha value is -0.940. The molecule has 2 rings (SSSR count). The molecule has 17 heavy (non-hydrogen) atoms. The molecule has 2 unspecified atom stereocenters. The minimum absolute atomic E-state index is 0.0237. The fourth-order valence-corrected chi connectivity index (χ4v) is 2.89. The summed E-state index contributed by atoms with van der Waals surface area (Å²) in [6.45, 7) is 5.97. The SMILES string of the molecule is Cc1csc(C(C)NC(=O)CC2CCNC2)n1. The van der Waals surface area contributed by atoms with Crippen molar-refractivity contribution < 1.29 is 4.79 Å². The van der Waals surface area contributed by atoms with Crippen LogP contribution in [-0.4, -0.2) is 24.0 Å². The third-order valence-electron chi connectivity index (χ3n) is 3.02. The van der Waals surface area contributed by atoms with E-state index in [1.54, 1.807) is 11.3 Å². The quantitative estimate of drug-likeness (QED) is 0.857. The minimum atomic E-state index is 0.0237. The van der Waals surface area contributed by atoms with Gasteiger partial charge in [0.1, 0.15) is 5.01 Å². The van der Waals surface area contributed by atoms with Crippen LogP contribution in [0.1, 0.15) is 36.5 Å². The lowest BCUT2D eigenvalue weighted by Crippen LogP contribution is -2.28. The summed E-state index contributed by atoms with van der Waals surface area (Å²) in [6.07, 6.45) is 1.74. The molecule has 1 saturated heterocycles. The number of amides is 1. The fourth-order valence-electron chi connectivity index (χ4n) is 2.08. The highest BCUT2D eigenvalue weighted by Gasteiger charge is 2.19. The van der Waals surface area contributed by atoms with Crippen LogP contribution in [0.2, 0.25) is 0 Å². The number of thiazole rings is 1.